The van der Waals surface area contributed by atoms with E-state index in [4.69, 9.17) is 16.7 Å². The van der Waals surface area contributed by atoms with Crippen molar-refractivity contribution in [2.24, 2.45) is 16.8 Å². The van der Waals surface area contributed by atoms with E-state index in [-0.39, 0.29) is 24.2 Å². The Morgan fingerprint density at radius 2 is 1.83 bits per heavy atom. The first kappa shape index (κ1) is 25.0. The summed E-state index contributed by atoms with van der Waals surface area (Å²) in [7, 11) is 0. The van der Waals surface area contributed by atoms with Gasteiger partial charge in [-0.15, -0.1) is 0 Å². The number of ketones is 1. The highest BCUT2D eigenvalue weighted by Crippen LogP contribution is 2.39. The molecule has 0 spiro atoms. The molecular formula is C23H34ClNO5. The number of Topliss-reactive ketones (excluding diaryl/α,β-unsaturated/α-hetero) is 1. The first-order chi connectivity index (χ1) is 14.4. The van der Waals surface area contributed by atoms with E-state index in [1.54, 1.807) is 18.2 Å². The van der Waals surface area contributed by atoms with E-state index in [0.29, 0.717) is 36.4 Å². The summed E-state index contributed by atoms with van der Waals surface area (Å²) in [6.45, 7) is -0.385. The van der Waals surface area contributed by atoms with Gasteiger partial charge in [-0.3, -0.25) is 9.79 Å². The molecule has 1 aliphatic carbocycles. The number of hydrogen-bond donors (Lipinski definition) is 4. The van der Waals surface area contributed by atoms with Gasteiger partial charge in [-0.2, -0.15) is 0 Å². The van der Waals surface area contributed by atoms with E-state index in [9.17, 15) is 20.1 Å². The zero-order chi connectivity index (χ0) is 21.9. The van der Waals surface area contributed by atoms with Crippen LogP contribution in [0.5, 0.6) is 0 Å². The third-order valence-corrected chi connectivity index (χ3v) is 6.18. The highest BCUT2D eigenvalue weighted by atomic mass is 35.5. The standard InChI is InChI=1S/C23H34ClNO5/c24-16-6-5-7-17(12-16)25-14-18(27)10-11-21-20(22(29)13-23(21)30)9-4-2-1-3-8-19(28)15-26/h5-7,12,14,18,20-23,26-27,29-30H,1-4,8-11,13,15H2/t18?,20-,21-,22+,23-/m1/s1. The molecule has 1 saturated carbocycles. The number of hydrogen-bond acceptors (Lipinski definition) is 6. The highest BCUT2D eigenvalue weighted by Gasteiger charge is 2.40. The molecule has 168 valence electrons. The number of aliphatic hydroxyl groups is 4. The number of halogens is 1. The summed E-state index contributed by atoms with van der Waals surface area (Å²) in [6, 6.07) is 7.09. The fourth-order valence-corrected chi connectivity index (χ4v) is 4.47. The quantitative estimate of drug-likeness (QED) is 0.278. The molecule has 0 amide bonds. The molecule has 4 N–H and O–H groups in total. The van der Waals surface area contributed by atoms with Crippen molar-refractivity contribution in [3.63, 3.8) is 0 Å². The Hall–Kier alpha value is -1.31. The molecule has 5 atom stereocenters. The Balaban J connectivity index is 1.74. The van der Waals surface area contributed by atoms with Crippen LogP contribution in [0, 0.1) is 11.8 Å². The molecule has 1 aromatic carbocycles. The lowest BCUT2D eigenvalue weighted by Crippen LogP contribution is -2.24. The first-order valence-corrected chi connectivity index (χ1v) is 11.2. The van der Waals surface area contributed by atoms with Gasteiger partial charge in [-0.1, -0.05) is 36.9 Å². The Bertz CT molecular complexity index is 683. The van der Waals surface area contributed by atoms with Crippen LogP contribution >= 0.6 is 11.6 Å². The molecule has 1 aromatic rings. The second-order valence-electron chi connectivity index (χ2n) is 8.25. The van der Waals surface area contributed by atoms with Gasteiger partial charge in [0.2, 0.25) is 0 Å². The molecule has 0 radical (unpaired) electrons. The fraction of sp³-hybridized carbons (Fsp3) is 0.652. The van der Waals surface area contributed by atoms with E-state index >= 15 is 0 Å². The SMILES string of the molecule is O=C(CO)CCCCCC[C@@H]1[C@@H](CCC(O)C=Nc2cccc(Cl)c2)[C@H](O)C[C@@H]1O. The van der Waals surface area contributed by atoms with Crippen LogP contribution in [-0.4, -0.2) is 57.3 Å². The second-order valence-corrected chi connectivity index (χ2v) is 8.69. The van der Waals surface area contributed by atoms with Gasteiger partial charge in [0.25, 0.3) is 0 Å². The Morgan fingerprint density at radius 1 is 1.13 bits per heavy atom. The summed E-state index contributed by atoms with van der Waals surface area (Å²) in [5.41, 5.74) is 0.677. The van der Waals surface area contributed by atoms with E-state index in [1.165, 1.54) is 6.21 Å². The maximum atomic E-state index is 11.1. The van der Waals surface area contributed by atoms with Crippen molar-refractivity contribution in [3.05, 3.63) is 29.3 Å². The van der Waals surface area contributed by atoms with Crippen LogP contribution in [0.3, 0.4) is 0 Å². The van der Waals surface area contributed by atoms with Crippen molar-refractivity contribution in [1.82, 2.24) is 0 Å². The molecule has 0 bridgehead atoms. The lowest BCUT2D eigenvalue weighted by molar-refractivity contribution is -0.121. The number of benzene rings is 1. The molecular weight excluding hydrogens is 406 g/mol. The minimum absolute atomic E-state index is 0.0242. The molecule has 0 heterocycles. The lowest BCUT2D eigenvalue weighted by Gasteiger charge is -2.24. The van der Waals surface area contributed by atoms with Crippen LogP contribution in [0.15, 0.2) is 29.3 Å². The van der Waals surface area contributed by atoms with Crippen LogP contribution in [0.1, 0.15) is 57.8 Å². The maximum Gasteiger partial charge on any atom is 0.158 e. The van der Waals surface area contributed by atoms with Crippen LogP contribution < -0.4 is 0 Å². The number of rotatable bonds is 13. The third kappa shape index (κ3) is 8.44. The molecule has 2 rings (SSSR count). The van der Waals surface area contributed by atoms with Crippen LogP contribution in [0.4, 0.5) is 5.69 Å². The van der Waals surface area contributed by atoms with Crippen LogP contribution in [0.2, 0.25) is 5.02 Å². The molecule has 6 nitrogen and oxygen atoms in total. The number of unbranched alkanes of at least 4 members (excludes halogenated alkanes) is 3. The van der Waals surface area contributed by atoms with Gasteiger partial charge >= 0.3 is 0 Å². The van der Waals surface area contributed by atoms with Gasteiger partial charge in [0.1, 0.15) is 6.61 Å². The van der Waals surface area contributed by atoms with Crippen molar-refractivity contribution in [2.45, 2.75) is 76.1 Å². The number of nitrogens with zero attached hydrogens (tertiary/aromatic N) is 1. The molecule has 30 heavy (non-hydrogen) atoms. The summed E-state index contributed by atoms with van der Waals surface area (Å²) >= 11 is 5.93. The summed E-state index contributed by atoms with van der Waals surface area (Å²) < 4.78 is 0. The monoisotopic (exact) mass is 439 g/mol. The van der Waals surface area contributed by atoms with Crippen LogP contribution in [-0.2, 0) is 4.79 Å². The topological polar surface area (TPSA) is 110 Å². The first-order valence-electron chi connectivity index (χ1n) is 10.9. The van der Waals surface area contributed by atoms with E-state index < -0.39 is 18.3 Å². The number of aliphatic imine (C=N–C) groups is 1. The van der Waals surface area contributed by atoms with Gasteiger partial charge in [0.05, 0.1) is 24.0 Å². The predicted octanol–water partition coefficient (Wildman–Crippen LogP) is 3.44. The molecule has 0 aliphatic heterocycles. The smallest absolute Gasteiger partial charge is 0.158 e. The van der Waals surface area contributed by atoms with Gasteiger partial charge in [-0.05, 0) is 62.1 Å². The Kier molecular flexibility index (Phi) is 11.0. The summed E-state index contributed by atoms with van der Waals surface area (Å²) in [5.74, 6) is -0.136. The minimum atomic E-state index is -0.723. The molecule has 1 fully saturated rings. The van der Waals surface area contributed by atoms with Gasteiger partial charge in [0, 0.05) is 17.7 Å². The Labute approximate surface area is 183 Å². The van der Waals surface area contributed by atoms with Crippen molar-refractivity contribution < 1.29 is 25.2 Å². The summed E-state index contributed by atoms with van der Waals surface area (Å²) in [6.07, 6.45) is 5.99. The van der Waals surface area contributed by atoms with Gasteiger partial charge in [0.15, 0.2) is 5.78 Å². The average Bonchev–Trinajstić information content (AvgIpc) is 2.99. The summed E-state index contributed by atoms with van der Waals surface area (Å²) in [5, 5.41) is 40.3. The van der Waals surface area contributed by atoms with Gasteiger partial charge < -0.3 is 20.4 Å². The Morgan fingerprint density at radius 3 is 2.53 bits per heavy atom. The van der Waals surface area contributed by atoms with E-state index in [2.05, 4.69) is 4.99 Å². The molecule has 0 saturated heterocycles. The van der Waals surface area contributed by atoms with Crippen molar-refractivity contribution in [2.75, 3.05) is 6.61 Å². The summed E-state index contributed by atoms with van der Waals surface area (Å²) in [4.78, 5) is 15.3. The van der Waals surface area contributed by atoms with Crippen molar-refractivity contribution in [1.29, 1.82) is 0 Å². The largest absolute Gasteiger partial charge is 0.393 e. The molecule has 1 unspecified atom stereocenters. The van der Waals surface area contributed by atoms with Crippen LogP contribution in [0.25, 0.3) is 0 Å². The van der Waals surface area contributed by atoms with E-state index in [0.717, 1.165) is 32.1 Å². The van der Waals surface area contributed by atoms with Gasteiger partial charge in [-0.25, -0.2) is 0 Å². The predicted molar refractivity (Wildman–Crippen MR) is 118 cm³/mol. The fourth-order valence-electron chi connectivity index (χ4n) is 4.28. The minimum Gasteiger partial charge on any atom is -0.393 e. The van der Waals surface area contributed by atoms with Crippen molar-refractivity contribution in [3.8, 4) is 0 Å². The maximum absolute atomic E-state index is 11.1. The third-order valence-electron chi connectivity index (χ3n) is 5.94. The number of aliphatic hydroxyl groups excluding tert-OH is 4. The molecule has 7 heteroatoms. The highest BCUT2D eigenvalue weighted by molar-refractivity contribution is 6.30. The zero-order valence-electron chi connectivity index (χ0n) is 17.4. The normalized spacial score (nSPS) is 25.1. The number of carbonyl (C=O) groups excluding carboxylic acids is 1. The second kappa shape index (κ2) is 13.2. The zero-order valence-corrected chi connectivity index (χ0v) is 18.1. The average molecular weight is 440 g/mol. The molecule has 1 aliphatic rings. The lowest BCUT2D eigenvalue weighted by atomic mass is 9.85. The number of carbonyl (C=O) groups is 1. The molecule has 0 aromatic heterocycles. The van der Waals surface area contributed by atoms with E-state index in [1.807, 2.05) is 6.07 Å². The van der Waals surface area contributed by atoms with Crippen molar-refractivity contribution >= 4 is 29.3 Å².